The van der Waals surface area contributed by atoms with Crippen molar-refractivity contribution in [3.63, 3.8) is 0 Å². The van der Waals surface area contributed by atoms with E-state index in [0.29, 0.717) is 17.7 Å². The summed E-state index contributed by atoms with van der Waals surface area (Å²) in [5.74, 6) is -1.83. The topological polar surface area (TPSA) is 106 Å². The van der Waals surface area contributed by atoms with E-state index in [1.807, 2.05) is 0 Å². The number of carbonyl (C=O) groups excluding carboxylic acids is 1. The molecular formula is C23H17F3N6O3. The molecule has 9 nitrogen and oxygen atoms in total. The Morgan fingerprint density at radius 1 is 1.26 bits per heavy atom. The van der Waals surface area contributed by atoms with Gasteiger partial charge in [-0.3, -0.25) is 9.48 Å². The molecule has 1 amide bonds. The van der Waals surface area contributed by atoms with Gasteiger partial charge in [-0.1, -0.05) is 6.07 Å². The number of nitrogens with one attached hydrogen (secondary N) is 1. The molecule has 0 fully saturated rings. The van der Waals surface area contributed by atoms with E-state index in [0.717, 1.165) is 5.69 Å². The second-order valence-electron chi connectivity index (χ2n) is 8.13. The molecular weight excluding hydrogens is 465 g/mol. The van der Waals surface area contributed by atoms with E-state index in [4.69, 9.17) is 8.83 Å². The number of halogens is 3. The van der Waals surface area contributed by atoms with Crippen LogP contribution in [0.4, 0.5) is 13.2 Å². The highest BCUT2D eigenvalue weighted by molar-refractivity contribution is 5.94. The SMILES string of the molecule is Cn1ccc(-c2nc(C(F)F)c(C(=O)N3CCc4[nH]cnc4[C@H]3c3cc4c(F)cccc4o3)o2)n1. The Morgan fingerprint density at radius 3 is 2.86 bits per heavy atom. The van der Waals surface area contributed by atoms with Gasteiger partial charge in [-0.2, -0.15) is 5.10 Å². The van der Waals surface area contributed by atoms with Crippen molar-refractivity contribution < 1.29 is 26.8 Å². The van der Waals surface area contributed by atoms with Crippen LogP contribution in [0, 0.1) is 5.82 Å². The first-order valence-corrected chi connectivity index (χ1v) is 10.7. The molecule has 5 aromatic rings. The molecule has 6 rings (SSSR count). The Morgan fingerprint density at radius 2 is 2.11 bits per heavy atom. The van der Waals surface area contributed by atoms with Crippen LogP contribution in [0.1, 0.15) is 45.9 Å². The molecule has 1 N–H and O–H groups in total. The third kappa shape index (κ3) is 3.40. The number of fused-ring (bicyclic) bond motifs is 2. The number of hydrogen-bond acceptors (Lipinski definition) is 6. The molecule has 1 atom stereocenters. The number of carbonyl (C=O) groups is 1. The van der Waals surface area contributed by atoms with Gasteiger partial charge in [0.1, 0.15) is 28.9 Å². The fraction of sp³-hybridized carbons (Fsp3) is 0.217. The number of aromatic nitrogens is 5. The number of rotatable bonds is 4. The first kappa shape index (κ1) is 21.2. The van der Waals surface area contributed by atoms with Crippen LogP contribution in [-0.4, -0.2) is 42.1 Å². The van der Waals surface area contributed by atoms with E-state index < -0.39 is 35.6 Å². The number of furan rings is 1. The lowest BCUT2D eigenvalue weighted by molar-refractivity contribution is 0.0626. The van der Waals surface area contributed by atoms with E-state index in [9.17, 15) is 18.0 Å². The minimum atomic E-state index is -3.06. The van der Waals surface area contributed by atoms with Crippen molar-refractivity contribution in [2.45, 2.75) is 18.9 Å². The van der Waals surface area contributed by atoms with Gasteiger partial charge in [0, 0.05) is 31.9 Å². The summed E-state index contributed by atoms with van der Waals surface area (Å²) in [5.41, 5.74) is 0.970. The van der Waals surface area contributed by atoms with Gasteiger partial charge >= 0.3 is 0 Å². The van der Waals surface area contributed by atoms with Crippen molar-refractivity contribution in [1.29, 1.82) is 0 Å². The van der Waals surface area contributed by atoms with E-state index in [-0.39, 0.29) is 29.3 Å². The Hall–Kier alpha value is -4.35. The van der Waals surface area contributed by atoms with Crippen molar-refractivity contribution in [3.8, 4) is 11.6 Å². The number of alkyl halides is 2. The molecule has 1 aliphatic heterocycles. The van der Waals surface area contributed by atoms with Crippen molar-refractivity contribution >= 4 is 16.9 Å². The fourth-order valence-corrected chi connectivity index (χ4v) is 4.37. The van der Waals surface area contributed by atoms with Crippen LogP contribution in [0.3, 0.4) is 0 Å². The van der Waals surface area contributed by atoms with Gasteiger partial charge in [-0.15, -0.1) is 0 Å². The van der Waals surface area contributed by atoms with Crippen LogP contribution in [-0.2, 0) is 13.5 Å². The van der Waals surface area contributed by atoms with E-state index in [1.165, 1.54) is 40.2 Å². The Balaban J connectivity index is 1.46. The highest BCUT2D eigenvalue weighted by Crippen LogP contribution is 2.39. The molecule has 35 heavy (non-hydrogen) atoms. The third-order valence-corrected chi connectivity index (χ3v) is 5.97. The molecule has 0 unspecified atom stereocenters. The maximum Gasteiger partial charge on any atom is 0.292 e. The number of oxazole rings is 1. The van der Waals surface area contributed by atoms with Gasteiger partial charge in [-0.05, 0) is 24.3 Å². The second kappa shape index (κ2) is 7.86. The molecule has 0 spiro atoms. The summed E-state index contributed by atoms with van der Waals surface area (Å²) in [7, 11) is 1.66. The molecule has 0 aliphatic carbocycles. The number of aryl methyl sites for hydroxylation is 1. The summed E-state index contributed by atoms with van der Waals surface area (Å²) in [6, 6.07) is 6.56. The Kier molecular flexibility index (Phi) is 4.76. The molecule has 0 radical (unpaired) electrons. The predicted molar refractivity (Wildman–Crippen MR) is 115 cm³/mol. The molecule has 0 bridgehead atoms. The summed E-state index contributed by atoms with van der Waals surface area (Å²) in [4.78, 5) is 26.2. The van der Waals surface area contributed by atoms with Crippen LogP contribution < -0.4 is 0 Å². The summed E-state index contributed by atoms with van der Waals surface area (Å²) in [6.07, 6.45) is 0.424. The van der Waals surface area contributed by atoms with Crippen molar-refractivity contribution in [2.24, 2.45) is 7.05 Å². The number of hydrogen-bond donors (Lipinski definition) is 1. The normalized spacial score (nSPS) is 15.8. The lowest BCUT2D eigenvalue weighted by atomic mass is 9.99. The van der Waals surface area contributed by atoms with Gasteiger partial charge < -0.3 is 18.7 Å². The minimum absolute atomic E-state index is 0.153. The zero-order valence-corrected chi connectivity index (χ0v) is 18.2. The number of imidazole rings is 1. The van der Waals surface area contributed by atoms with E-state index >= 15 is 0 Å². The average Bonchev–Trinajstić information content (AvgIpc) is 3.62. The molecule has 0 saturated heterocycles. The zero-order valence-electron chi connectivity index (χ0n) is 18.2. The van der Waals surface area contributed by atoms with Crippen molar-refractivity contribution in [2.75, 3.05) is 6.54 Å². The molecule has 12 heteroatoms. The highest BCUT2D eigenvalue weighted by Gasteiger charge is 2.40. The van der Waals surface area contributed by atoms with Gasteiger partial charge in [0.25, 0.3) is 12.3 Å². The van der Waals surface area contributed by atoms with Gasteiger partial charge in [0.2, 0.25) is 11.7 Å². The largest absolute Gasteiger partial charge is 0.458 e. The lowest BCUT2D eigenvalue weighted by Crippen LogP contribution is -2.40. The number of H-pyrrole nitrogens is 1. The molecule has 5 heterocycles. The van der Waals surface area contributed by atoms with E-state index in [1.54, 1.807) is 19.3 Å². The summed E-state index contributed by atoms with van der Waals surface area (Å²) >= 11 is 0. The van der Waals surface area contributed by atoms with Crippen LogP contribution in [0.2, 0.25) is 0 Å². The summed E-state index contributed by atoms with van der Waals surface area (Å²) in [6.45, 7) is 0.153. The standard InChI is InChI=1S/C23H17F3N6O3/c1-31-7-5-14(30-31)22-29-18(21(25)26)20(35-22)23(33)32-8-6-13-17(28-10-27-13)19(32)16-9-11-12(24)3-2-4-15(11)34-16/h2-5,7,9-10,19,21H,6,8H2,1H3,(H,27,28)/t19-/m1/s1. The number of amides is 1. The number of nitrogens with zero attached hydrogens (tertiary/aromatic N) is 5. The third-order valence-electron chi connectivity index (χ3n) is 5.97. The highest BCUT2D eigenvalue weighted by atomic mass is 19.3. The van der Waals surface area contributed by atoms with Crippen LogP contribution in [0.25, 0.3) is 22.6 Å². The second-order valence-corrected chi connectivity index (χ2v) is 8.13. The number of benzene rings is 1. The predicted octanol–water partition coefficient (Wildman–Crippen LogP) is 4.41. The number of aromatic amines is 1. The Labute approximate surface area is 195 Å². The van der Waals surface area contributed by atoms with Gasteiger partial charge in [-0.25, -0.2) is 23.1 Å². The van der Waals surface area contributed by atoms with Crippen LogP contribution in [0.5, 0.6) is 0 Å². The van der Waals surface area contributed by atoms with Crippen molar-refractivity contribution in [1.82, 2.24) is 29.6 Å². The average molecular weight is 482 g/mol. The first-order valence-electron chi connectivity index (χ1n) is 10.7. The lowest BCUT2D eigenvalue weighted by Gasteiger charge is -2.33. The fourth-order valence-electron chi connectivity index (χ4n) is 4.37. The Bertz CT molecular complexity index is 1570. The minimum Gasteiger partial charge on any atom is -0.458 e. The van der Waals surface area contributed by atoms with Gasteiger partial charge in [0.05, 0.1) is 17.4 Å². The first-order chi connectivity index (χ1) is 16.9. The smallest absolute Gasteiger partial charge is 0.292 e. The maximum absolute atomic E-state index is 14.4. The summed E-state index contributed by atoms with van der Waals surface area (Å²) in [5, 5.41) is 4.35. The quantitative estimate of drug-likeness (QED) is 0.407. The maximum atomic E-state index is 14.4. The molecule has 4 aromatic heterocycles. The van der Waals surface area contributed by atoms with Crippen LogP contribution >= 0.6 is 0 Å². The molecule has 0 saturated carbocycles. The monoisotopic (exact) mass is 482 g/mol. The van der Waals surface area contributed by atoms with Gasteiger partial charge in [0.15, 0.2) is 5.69 Å². The summed E-state index contributed by atoms with van der Waals surface area (Å²) < 4.78 is 55.0. The molecule has 1 aliphatic rings. The zero-order chi connectivity index (χ0) is 24.3. The van der Waals surface area contributed by atoms with E-state index in [2.05, 4.69) is 20.1 Å². The van der Waals surface area contributed by atoms with Crippen molar-refractivity contribution in [3.05, 3.63) is 77.3 Å². The molecule has 1 aromatic carbocycles. The molecule has 178 valence electrons. The van der Waals surface area contributed by atoms with Crippen LogP contribution in [0.15, 0.2) is 51.7 Å².